The van der Waals surface area contributed by atoms with E-state index >= 15 is 0 Å². The molecule has 0 bridgehead atoms. The molecule has 0 fully saturated rings. The van der Waals surface area contributed by atoms with Crippen molar-refractivity contribution < 1.29 is 51.9 Å². The number of fused-ring (bicyclic) bond motifs is 2. The van der Waals surface area contributed by atoms with Gasteiger partial charge in [-0.15, -0.1) is 10.2 Å². The van der Waals surface area contributed by atoms with Crippen molar-refractivity contribution in [1.82, 2.24) is 9.97 Å². The summed E-state index contributed by atoms with van der Waals surface area (Å²) < 4.78 is 137. The molecule has 25 heteroatoms. The maximum Gasteiger partial charge on any atom is 0.295 e. The Morgan fingerprint density at radius 2 is 0.842 bits per heavy atom. The number of azo groups is 2. The maximum absolute atomic E-state index is 12.4. The van der Waals surface area contributed by atoms with Gasteiger partial charge >= 0.3 is 0 Å². The Morgan fingerprint density at radius 3 is 1.18 bits per heavy atom. The monoisotopic (exact) mass is 863 g/mol. The van der Waals surface area contributed by atoms with Crippen LogP contribution in [0.3, 0.4) is 0 Å². The molecule has 0 unspecified atom stereocenters. The molecule has 0 saturated heterocycles. The van der Waals surface area contributed by atoms with Gasteiger partial charge in [0.1, 0.15) is 31.0 Å². The summed E-state index contributed by atoms with van der Waals surface area (Å²) in [4.78, 5) is 5.48. The Kier molecular flexibility index (Phi) is 12.1. The molecule has 289 valence electrons. The van der Waals surface area contributed by atoms with Crippen LogP contribution in [0.5, 0.6) is 0 Å². The zero-order valence-corrected chi connectivity index (χ0v) is 34.0. The first kappa shape index (κ1) is 43.0. The molecule has 8 N–H and O–H groups in total. The third-order valence-electron chi connectivity index (χ3n) is 7.84. The Morgan fingerprint density at radius 1 is 0.491 bits per heavy atom. The fourth-order valence-corrected chi connectivity index (χ4v) is 8.14. The van der Waals surface area contributed by atoms with Crippen LogP contribution in [-0.2, 0) is 40.5 Å². The largest absolute Gasteiger partial charge is 0.395 e. The van der Waals surface area contributed by atoms with Gasteiger partial charge in [0, 0.05) is 52.7 Å². The van der Waals surface area contributed by atoms with Crippen molar-refractivity contribution in [3.05, 3.63) is 96.3 Å². The van der Waals surface area contributed by atoms with Gasteiger partial charge in [-0.1, -0.05) is 24.3 Å². The number of nitrogens with two attached hydrogens (primary N) is 2. The summed E-state index contributed by atoms with van der Waals surface area (Å²) in [5.74, 6) is 0. The van der Waals surface area contributed by atoms with Crippen molar-refractivity contribution in [2.45, 2.75) is 19.6 Å². The number of hydrogen-bond donors (Lipinski definition) is 6. The Balaban J connectivity index is 0.00000620. The van der Waals surface area contributed by atoms with E-state index in [1.54, 1.807) is 0 Å². The Hall–Kier alpha value is -5.12. The van der Waals surface area contributed by atoms with E-state index in [0.29, 0.717) is 0 Å². The summed E-state index contributed by atoms with van der Waals surface area (Å²) >= 11 is 0. The SMILES string of the molecule is Nc1c(N=Nc2ccc(C=Cc3ccc(N=Nc4cc(S(=O)(=O)O)c5cccnc5c4N)cc3S(=O)(=O)O)c(S(=O)(=O)O)c2)cc(S(=O)(=O)O)c2cccnc12.[Na]. The predicted octanol–water partition coefficient (Wildman–Crippen LogP) is 5.55. The Bertz CT molecular complexity index is 2970. The molecule has 0 amide bonds. The summed E-state index contributed by atoms with van der Waals surface area (Å²) in [7, 11) is -19.5. The fraction of sp³-hybridized carbons (Fsp3) is 0. The van der Waals surface area contributed by atoms with E-state index in [1.165, 1.54) is 60.9 Å². The van der Waals surface area contributed by atoms with Gasteiger partial charge in [-0.2, -0.15) is 43.9 Å². The van der Waals surface area contributed by atoms with Gasteiger partial charge in [-0.05, 0) is 71.8 Å². The van der Waals surface area contributed by atoms with Gasteiger partial charge in [-0.3, -0.25) is 28.2 Å². The second-order valence-corrected chi connectivity index (χ2v) is 17.1. The maximum atomic E-state index is 12.4. The van der Waals surface area contributed by atoms with Crippen molar-refractivity contribution >= 4 is 138 Å². The van der Waals surface area contributed by atoms with Crippen molar-refractivity contribution in [2.75, 3.05) is 11.5 Å². The van der Waals surface area contributed by atoms with Crippen LogP contribution in [0.15, 0.2) is 125 Å². The standard InChI is InChI=1S/C32H24N8O12S4.Na/c33-29-23(15-27(55(47,48)49)21-3-1-11-35-31(21)29)39-37-19-9-7-17(25(13-19)53(41,42)43)5-6-18-8-10-20(14-26(18)54(44,45)46)38-40-24-16-28(56(50,51)52)22-4-2-12-36-32(22)30(24)34;/h1-16H,33-34H2,(H,41,42,43)(H,44,45,46)(H,47,48,49)(H,50,51,52);. The first-order valence-corrected chi connectivity index (χ1v) is 20.9. The first-order chi connectivity index (χ1) is 26.1. The smallest absolute Gasteiger partial charge is 0.295 e. The predicted molar refractivity (Wildman–Crippen MR) is 207 cm³/mol. The topological polar surface area (TPSA) is 345 Å². The van der Waals surface area contributed by atoms with Crippen LogP contribution in [0, 0.1) is 0 Å². The number of anilines is 2. The number of benzene rings is 4. The molecule has 0 saturated carbocycles. The number of pyridine rings is 2. The third-order valence-corrected chi connectivity index (χ3v) is 11.4. The van der Waals surface area contributed by atoms with E-state index in [0.717, 1.165) is 36.4 Å². The molecule has 1 radical (unpaired) electrons. The molecule has 0 aliphatic carbocycles. The van der Waals surface area contributed by atoms with Crippen LogP contribution in [0.1, 0.15) is 11.1 Å². The van der Waals surface area contributed by atoms with Gasteiger partial charge in [-0.25, -0.2) is 0 Å². The van der Waals surface area contributed by atoms with Gasteiger partial charge in [0.25, 0.3) is 40.5 Å². The number of nitrogens with zero attached hydrogens (tertiary/aromatic N) is 6. The summed E-state index contributed by atoms with van der Waals surface area (Å²) in [6.07, 6.45) is 4.84. The molecule has 2 heterocycles. The normalized spacial score (nSPS) is 12.9. The number of nitrogen functional groups attached to an aromatic ring is 2. The molecule has 0 aliphatic heterocycles. The van der Waals surface area contributed by atoms with Gasteiger partial charge in [0.05, 0.1) is 33.8 Å². The van der Waals surface area contributed by atoms with Crippen LogP contribution in [0.4, 0.5) is 34.1 Å². The van der Waals surface area contributed by atoms with Crippen molar-refractivity contribution in [3.63, 3.8) is 0 Å². The minimum atomic E-state index is -4.98. The van der Waals surface area contributed by atoms with Crippen LogP contribution in [0.2, 0.25) is 0 Å². The fourth-order valence-electron chi connectivity index (χ4n) is 5.33. The summed E-state index contributed by atoms with van der Waals surface area (Å²) in [6.45, 7) is 0. The average molecular weight is 864 g/mol. The van der Waals surface area contributed by atoms with Gasteiger partial charge < -0.3 is 11.5 Å². The summed E-state index contributed by atoms with van der Waals surface area (Å²) in [5.41, 5.74) is 10.7. The van der Waals surface area contributed by atoms with Crippen LogP contribution in [-0.4, -0.2) is 91.4 Å². The molecule has 0 atom stereocenters. The molecular formula is C32H24N8NaO12S4. The van der Waals surface area contributed by atoms with Gasteiger partial charge in [0.15, 0.2) is 0 Å². The summed E-state index contributed by atoms with van der Waals surface area (Å²) in [5, 5.41) is 15.6. The second-order valence-electron chi connectivity index (χ2n) is 11.5. The molecule has 2 aromatic heterocycles. The molecule has 0 spiro atoms. The van der Waals surface area contributed by atoms with Crippen LogP contribution in [0.25, 0.3) is 34.0 Å². The molecule has 4 aromatic carbocycles. The van der Waals surface area contributed by atoms with E-state index in [4.69, 9.17) is 11.5 Å². The third kappa shape index (κ3) is 9.37. The number of hydrogen-bond acceptors (Lipinski definition) is 16. The first-order valence-electron chi connectivity index (χ1n) is 15.2. The zero-order chi connectivity index (χ0) is 40.8. The van der Waals surface area contributed by atoms with Crippen molar-refractivity contribution in [2.24, 2.45) is 20.5 Å². The van der Waals surface area contributed by atoms with Crippen LogP contribution < -0.4 is 11.5 Å². The Labute approximate surface area is 345 Å². The van der Waals surface area contributed by atoms with E-state index in [9.17, 15) is 51.9 Å². The van der Waals surface area contributed by atoms with E-state index < -0.39 is 60.1 Å². The van der Waals surface area contributed by atoms with E-state index in [-0.39, 0.29) is 96.6 Å². The second kappa shape index (κ2) is 16.0. The van der Waals surface area contributed by atoms with Crippen molar-refractivity contribution in [1.29, 1.82) is 0 Å². The molecule has 0 aliphatic rings. The molecular weight excluding hydrogens is 840 g/mol. The summed E-state index contributed by atoms with van der Waals surface area (Å²) in [6, 6.07) is 14.1. The molecule has 20 nitrogen and oxygen atoms in total. The van der Waals surface area contributed by atoms with E-state index in [1.807, 2.05) is 0 Å². The average Bonchev–Trinajstić information content (AvgIpc) is 3.12. The molecule has 6 rings (SSSR count). The minimum Gasteiger partial charge on any atom is -0.395 e. The molecule has 6 aromatic rings. The van der Waals surface area contributed by atoms with Crippen molar-refractivity contribution in [3.8, 4) is 0 Å². The minimum absolute atomic E-state index is 0. The van der Waals surface area contributed by atoms with Gasteiger partial charge in [0.2, 0.25) is 0 Å². The van der Waals surface area contributed by atoms with E-state index in [2.05, 4.69) is 30.4 Å². The van der Waals surface area contributed by atoms with Crippen LogP contribution >= 0.6 is 0 Å². The molecule has 57 heavy (non-hydrogen) atoms. The zero-order valence-electron chi connectivity index (χ0n) is 28.8. The number of rotatable bonds is 10. The number of aromatic nitrogens is 2. The quantitative estimate of drug-likeness (QED) is 0.0323.